The lowest BCUT2D eigenvalue weighted by atomic mass is 9.74. The highest BCUT2D eigenvalue weighted by atomic mass is 16.2. The molecule has 6 nitrogen and oxygen atoms in total. The van der Waals surface area contributed by atoms with Crippen LogP contribution in [-0.2, 0) is 11.2 Å². The average Bonchev–Trinajstić information content (AvgIpc) is 2.98. The van der Waals surface area contributed by atoms with Crippen LogP contribution < -0.4 is 10.6 Å². The molecule has 1 amide bonds. The smallest absolute Gasteiger partial charge is 0.226 e. The van der Waals surface area contributed by atoms with Crippen LogP contribution in [0.4, 0.5) is 0 Å². The predicted molar refractivity (Wildman–Crippen MR) is 77.2 cm³/mol. The van der Waals surface area contributed by atoms with E-state index in [2.05, 4.69) is 32.7 Å². The topological polar surface area (TPSA) is 82.7 Å². The first kappa shape index (κ1) is 15.0. The zero-order valence-corrected chi connectivity index (χ0v) is 12.2. The van der Waals surface area contributed by atoms with Gasteiger partial charge >= 0.3 is 0 Å². The summed E-state index contributed by atoms with van der Waals surface area (Å²) in [5, 5.41) is 13.1. The number of aromatic nitrogens is 3. The summed E-state index contributed by atoms with van der Waals surface area (Å²) < 4.78 is 0. The van der Waals surface area contributed by atoms with Crippen LogP contribution >= 0.6 is 0 Å². The van der Waals surface area contributed by atoms with E-state index in [1.165, 1.54) is 6.33 Å². The number of H-pyrrole nitrogens is 1. The maximum absolute atomic E-state index is 12.5. The van der Waals surface area contributed by atoms with Gasteiger partial charge in [-0.2, -0.15) is 5.10 Å². The largest absolute Gasteiger partial charge is 0.356 e. The van der Waals surface area contributed by atoms with E-state index in [9.17, 15) is 4.79 Å². The van der Waals surface area contributed by atoms with E-state index in [0.717, 1.165) is 57.4 Å². The van der Waals surface area contributed by atoms with Crippen molar-refractivity contribution >= 4 is 5.91 Å². The summed E-state index contributed by atoms with van der Waals surface area (Å²) in [5.74, 6) is 1.11. The number of nitrogens with zero attached hydrogens (tertiary/aromatic N) is 2. The maximum atomic E-state index is 12.5. The Morgan fingerprint density at radius 1 is 1.45 bits per heavy atom. The number of piperidine rings is 1. The normalized spacial score (nSPS) is 17.9. The van der Waals surface area contributed by atoms with Gasteiger partial charge in [-0.15, -0.1) is 0 Å². The third-order valence-corrected chi connectivity index (χ3v) is 4.11. The second kappa shape index (κ2) is 7.38. The molecule has 2 rings (SSSR count). The van der Waals surface area contributed by atoms with E-state index in [1.807, 2.05) is 0 Å². The molecule has 0 saturated carbocycles. The van der Waals surface area contributed by atoms with E-state index in [1.54, 1.807) is 0 Å². The molecule has 0 aromatic carbocycles. The molecule has 0 radical (unpaired) electrons. The van der Waals surface area contributed by atoms with Gasteiger partial charge in [0.05, 0.1) is 5.41 Å². The SMILES string of the molecule is CCCC1(C(=O)NCCCc2ncn[nH]2)CCNCC1. The lowest BCUT2D eigenvalue weighted by molar-refractivity contribution is -0.133. The molecule has 1 aromatic heterocycles. The van der Waals surface area contributed by atoms with Gasteiger partial charge in [-0.3, -0.25) is 9.89 Å². The maximum Gasteiger partial charge on any atom is 0.226 e. The molecule has 2 heterocycles. The number of aryl methyl sites for hydroxylation is 1. The fraction of sp³-hybridized carbons (Fsp3) is 0.786. The van der Waals surface area contributed by atoms with Gasteiger partial charge in [0, 0.05) is 13.0 Å². The van der Waals surface area contributed by atoms with Crippen LogP contribution in [0.25, 0.3) is 0 Å². The highest BCUT2D eigenvalue weighted by molar-refractivity contribution is 5.82. The molecule has 1 aromatic rings. The van der Waals surface area contributed by atoms with Gasteiger partial charge in [-0.25, -0.2) is 4.98 Å². The van der Waals surface area contributed by atoms with Crippen LogP contribution in [0.5, 0.6) is 0 Å². The van der Waals surface area contributed by atoms with Crippen LogP contribution in [0.15, 0.2) is 6.33 Å². The van der Waals surface area contributed by atoms with Gasteiger partial charge in [0.1, 0.15) is 12.2 Å². The third kappa shape index (κ3) is 3.79. The molecule has 0 unspecified atom stereocenters. The first-order valence-electron chi connectivity index (χ1n) is 7.60. The van der Waals surface area contributed by atoms with E-state index >= 15 is 0 Å². The first-order valence-corrected chi connectivity index (χ1v) is 7.60. The molecule has 112 valence electrons. The highest BCUT2D eigenvalue weighted by Crippen LogP contribution is 2.34. The summed E-state index contributed by atoms with van der Waals surface area (Å²) in [6, 6.07) is 0. The zero-order valence-electron chi connectivity index (χ0n) is 12.2. The van der Waals surface area contributed by atoms with Gasteiger partial charge in [-0.05, 0) is 38.8 Å². The summed E-state index contributed by atoms with van der Waals surface area (Å²) in [5.41, 5.74) is -0.147. The number of hydrogen-bond acceptors (Lipinski definition) is 4. The predicted octanol–water partition coefficient (Wildman–Crippen LogP) is 1.02. The van der Waals surface area contributed by atoms with E-state index in [-0.39, 0.29) is 11.3 Å². The van der Waals surface area contributed by atoms with Gasteiger partial charge in [0.25, 0.3) is 0 Å². The Bertz CT molecular complexity index is 392. The van der Waals surface area contributed by atoms with Crippen molar-refractivity contribution in [3.8, 4) is 0 Å². The van der Waals surface area contributed by atoms with Gasteiger partial charge in [-0.1, -0.05) is 13.3 Å². The number of aromatic amines is 1. The van der Waals surface area contributed by atoms with Crippen LogP contribution in [0.3, 0.4) is 0 Å². The molecular weight excluding hydrogens is 254 g/mol. The molecule has 0 atom stereocenters. The summed E-state index contributed by atoms with van der Waals surface area (Å²) >= 11 is 0. The van der Waals surface area contributed by atoms with Crippen LogP contribution in [0, 0.1) is 5.41 Å². The van der Waals surface area contributed by atoms with Crippen molar-refractivity contribution in [3.05, 3.63) is 12.2 Å². The molecule has 1 aliphatic rings. The number of carbonyl (C=O) groups excluding carboxylic acids is 1. The monoisotopic (exact) mass is 279 g/mol. The summed E-state index contributed by atoms with van der Waals surface area (Å²) in [7, 11) is 0. The summed E-state index contributed by atoms with van der Waals surface area (Å²) in [6.07, 6.45) is 7.18. The third-order valence-electron chi connectivity index (χ3n) is 4.11. The van der Waals surface area contributed by atoms with Crippen LogP contribution in [-0.4, -0.2) is 40.7 Å². The molecular formula is C14H25N5O. The fourth-order valence-electron chi connectivity index (χ4n) is 2.97. The van der Waals surface area contributed by atoms with Crippen molar-refractivity contribution in [2.75, 3.05) is 19.6 Å². The molecule has 1 fully saturated rings. The Kier molecular flexibility index (Phi) is 5.52. The lowest BCUT2D eigenvalue weighted by Crippen LogP contribution is -2.47. The van der Waals surface area contributed by atoms with Crippen molar-refractivity contribution in [2.24, 2.45) is 5.41 Å². The Labute approximate surface area is 120 Å². The molecule has 6 heteroatoms. The fourth-order valence-corrected chi connectivity index (χ4v) is 2.97. The lowest BCUT2D eigenvalue weighted by Gasteiger charge is -2.36. The zero-order chi connectivity index (χ0) is 14.3. The van der Waals surface area contributed by atoms with Crippen molar-refractivity contribution in [3.63, 3.8) is 0 Å². The minimum absolute atomic E-state index is 0.147. The summed E-state index contributed by atoms with van der Waals surface area (Å²) in [4.78, 5) is 16.6. The number of hydrogen-bond donors (Lipinski definition) is 3. The first-order chi connectivity index (χ1) is 9.77. The van der Waals surface area contributed by atoms with E-state index < -0.39 is 0 Å². The number of amides is 1. The van der Waals surface area contributed by atoms with Gasteiger partial charge < -0.3 is 10.6 Å². The molecule has 1 aliphatic heterocycles. The minimum atomic E-state index is -0.147. The quantitative estimate of drug-likeness (QED) is 0.651. The van der Waals surface area contributed by atoms with Gasteiger partial charge in [0.15, 0.2) is 0 Å². The Morgan fingerprint density at radius 3 is 2.90 bits per heavy atom. The molecule has 0 aliphatic carbocycles. The van der Waals surface area contributed by atoms with E-state index in [0.29, 0.717) is 6.54 Å². The number of carbonyl (C=O) groups is 1. The van der Waals surface area contributed by atoms with Gasteiger partial charge in [0.2, 0.25) is 5.91 Å². The van der Waals surface area contributed by atoms with Crippen molar-refractivity contribution < 1.29 is 4.79 Å². The summed E-state index contributed by atoms with van der Waals surface area (Å²) in [6.45, 7) is 4.76. The van der Waals surface area contributed by atoms with Crippen molar-refractivity contribution in [1.29, 1.82) is 0 Å². The number of rotatable bonds is 7. The molecule has 20 heavy (non-hydrogen) atoms. The molecule has 3 N–H and O–H groups in total. The average molecular weight is 279 g/mol. The van der Waals surface area contributed by atoms with Crippen molar-refractivity contribution in [2.45, 2.75) is 45.4 Å². The van der Waals surface area contributed by atoms with E-state index in [4.69, 9.17) is 0 Å². The molecule has 0 bridgehead atoms. The minimum Gasteiger partial charge on any atom is -0.356 e. The molecule has 1 saturated heterocycles. The highest BCUT2D eigenvalue weighted by Gasteiger charge is 2.38. The Morgan fingerprint density at radius 2 is 2.25 bits per heavy atom. The van der Waals surface area contributed by atoms with Crippen LogP contribution in [0.2, 0.25) is 0 Å². The second-order valence-corrected chi connectivity index (χ2v) is 5.57. The van der Waals surface area contributed by atoms with Crippen LogP contribution in [0.1, 0.15) is 44.9 Å². The van der Waals surface area contributed by atoms with Crippen molar-refractivity contribution in [1.82, 2.24) is 25.8 Å². The Hall–Kier alpha value is -1.43. The second-order valence-electron chi connectivity index (χ2n) is 5.57. The standard InChI is InChI=1S/C14H25N5O/c1-2-5-14(6-9-15-10-7-14)13(20)16-8-3-4-12-17-11-18-19-12/h11,15H,2-10H2,1H3,(H,16,20)(H,17,18,19). The number of nitrogens with one attached hydrogen (secondary N) is 3. The molecule has 0 spiro atoms. The Balaban J connectivity index is 1.76.